The molecule has 39 heavy (non-hydrogen) atoms. The maximum atomic E-state index is 12.2. The Bertz CT molecular complexity index is 1500. The standard InChI is InChI=1S/C10H10F3N3O4S.C9H7F3O5S/c1-21(18,19)7-4-5(8(17)16-9(14)15)2-3-6(7)20-10(11,12)13;1-18(15,16)7-4-5(8(13)14)2-3-6(7)17-9(10,11)12/h2-4H,1H3,(H4,14,15,16,17);2-4H,1H3,(H,13,14). The van der Waals surface area contributed by atoms with E-state index in [1.165, 1.54) is 0 Å². The lowest BCUT2D eigenvalue weighted by molar-refractivity contribution is -0.276. The maximum Gasteiger partial charge on any atom is 0.573 e. The number of carboxylic acid groups (broad SMARTS) is 1. The number of carbonyl (C=O) groups is 2. The average molecular weight is 609 g/mol. The van der Waals surface area contributed by atoms with Crippen molar-refractivity contribution in [2.75, 3.05) is 12.5 Å². The number of rotatable bonds is 6. The molecule has 0 radical (unpaired) electrons. The van der Waals surface area contributed by atoms with Crippen molar-refractivity contribution >= 4 is 37.5 Å². The zero-order chi connectivity index (χ0) is 30.6. The lowest BCUT2D eigenvalue weighted by atomic mass is 10.2. The summed E-state index contributed by atoms with van der Waals surface area (Å²) in [6.45, 7) is 0. The normalized spacial score (nSPS) is 12.0. The highest BCUT2D eigenvalue weighted by Gasteiger charge is 2.34. The first-order chi connectivity index (χ1) is 17.4. The lowest BCUT2D eigenvalue weighted by Gasteiger charge is -2.12. The monoisotopic (exact) mass is 609 g/mol. The number of nitrogens with two attached hydrogens (primary N) is 2. The van der Waals surface area contributed by atoms with Crippen molar-refractivity contribution < 1.29 is 67.3 Å². The molecule has 2 aromatic rings. The molecule has 12 nitrogen and oxygen atoms in total. The van der Waals surface area contributed by atoms with E-state index in [4.69, 9.17) is 16.6 Å². The fourth-order valence-electron chi connectivity index (χ4n) is 2.46. The molecular weight excluding hydrogens is 592 g/mol. The van der Waals surface area contributed by atoms with Crippen molar-refractivity contribution in [1.29, 1.82) is 0 Å². The van der Waals surface area contributed by atoms with E-state index in [0.29, 0.717) is 36.8 Å². The number of nitrogens with zero attached hydrogens (tertiary/aromatic N) is 1. The second-order valence-electron chi connectivity index (χ2n) is 7.11. The van der Waals surface area contributed by atoms with E-state index >= 15 is 0 Å². The Morgan fingerprint density at radius 2 is 1.13 bits per heavy atom. The molecule has 0 fully saturated rings. The van der Waals surface area contributed by atoms with Crippen LogP contribution in [0.25, 0.3) is 0 Å². The van der Waals surface area contributed by atoms with Gasteiger partial charge >= 0.3 is 18.7 Å². The molecule has 0 aliphatic rings. The third-order valence-electron chi connectivity index (χ3n) is 3.86. The molecule has 0 bridgehead atoms. The van der Waals surface area contributed by atoms with Gasteiger partial charge in [-0.15, -0.1) is 26.3 Å². The largest absolute Gasteiger partial charge is 0.573 e. The first-order valence-corrected chi connectivity index (χ1v) is 13.3. The van der Waals surface area contributed by atoms with Gasteiger partial charge in [0.05, 0.1) is 5.56 Å². The molecule has 0 unspecified atom stereocenters. The van der Waals surface area contributed by atoms with Crippen LogP contribution in [0.5, 0.6) is 11.5 Å². The molecule has 5 N–H and O–H groups in total. The molecule has 0 saturated heterocycles. The molecule has 0 spiro atoms. The molecule has 0 aromatic heterocycles. The summed E-state index contributed by atoms with van der Waals surface area (Å²) in [5.41, 5.74) is 9.20. The SMILES string of the molecule is CS(=O)(=O)c1cc(C(=O)N=C(N)N)ccc1OC(F)(F)F.CS(=O)(=O)c1cc(C(=O)O)ccc1OC(F)(F)F. The third-order valence-corrected chi connectivity index (χ3v) is 6.10. The van der Waals surface area contributed by atoms with Crippen LogP contribution in [0.1, 0.15) is 20.7 Å². The van der Waals surface area contributed by atoms with E-state index in [-0.39, 0.29) is 5.56 Å². The number of sulfone groups is 2. The van der Waals surface area contributed by atoms with Crippen molar-refractivity contribution in [2.45, 2.75) is 22.5 Å². The van der Waals surface area contributed by atoms with Crippen LogP contribution in [-0.4, -0.2) is 65.0 Å². The molecule has 0 atom stereocenters. The van der Waals surface area contributed by atoms with Crippen molar-refractivity contribution in [3.8, 4) is 11.5 Å². The van der Waals surface area contributed by atoms with Crippen LogP contribution in [0.4, 0.5) is 26.3 Å². The Kier molecular flexibility index (Phi) is 9.94. The van der Waals surface area contributed by atoms with E-state index in [9.17, 15) is 52.8 Å². The minimum Gasteiger partial charge on any atom is -0.478 e. The van der Waals surface area contributed by atoms with Gasteiger partial charge in [0.15, 0.2) is 25.6 Å². The van der Waals surface area contributed by atoms with Crippen molar-refractivity contribution in [2.24, 2.45) is 16.5 Å². The Hall–Kier alpha value is -4.07. The minimum atomic E-state index is -5.08. The highest BCUT2D eigenvalue weighted by molar-refractivity contribution is 7.91. The molecule has 216 valence electrons. The predicted molar refractivity (Wildman–Crippen MR) is 120 cm³/mol. The van der Waals surface area contributed by atoms with Crippen LogP contribution >= 0.6 is 0 Å². The number of benzene rings is 2. The van der Waals surface area contributed by atoms with Crippen LogP contribution in [0, 0.1) is 0 Å². The van der Waals surface area contributed by atoms with E-state index in [1.54, 1.807) is 0 Å². The van der Waals surface area contributed by atoms with E-state index in [1.807, 2.05) is 0 Å². The summed E-state index contributed by atoms with van der Waals surface area (Å²) in [5, 5.41) is 8.64. The van der Waals surface area contributed by atoms with Gasteiger partial charge in [-0.3, -0.25) is 4.79 Å². The van der Waals surface area contributed by atoms with Crippen LogP contribution in [0.2, 0.25) is 0 Å². The first kappa shape index (κ1) is 33.0. The molecule has 2 aromatic carbocycles. The number of hydrogen-bond acceptors (Lipinski definition) is 8. The van der Waals surface area contributed by atoms with Gasteiger partial charge in [-0.1, -0.05) is 0 Å². The number of aliphatic imine (C=N–C) groups is 1. The van der Waals surface area contributed by atoms with Gasteiger partial charge in [0.25, 0.3) is 5.91 Å². The van der Waals surface area contributed by atoms with Gasteiger partial charge in [0.1, 0.15) is 21.3 Å². The zero-order valence-electron chi connectivity index (χ0n) is 19.4. The Balaban J connectivity index is 0.000000395. The van der Waals surface area contributed by atoms with Gasteiger partial charge in [-0.2, -0.15) is 4.99 Å². The van der Waals surface area contributed by atoms with Crippen LogP contribution < -0.4 is 20.9 Å². The number of carbonyl (C=O) groups excluding carboxylic acids is 1. The molecule has 0 aliphatic carbocycles. The number of alkyl halides is 6. The van der Waals surface area contributed by atoms with Crippen molar-refractivity contribution in [3.63, 3.8) is 0 Å². The number of amides is 1. The van der Waals surface area contributed by atoms with Gasteiger partial charge in [-0.05, 0) is 36.4 Å². The highest BCUT2D eigenvalue weighted by atomic mass is 32.2. The Morgan fingerprint density at radius 3 is 1.44 bits per heavy atom. The maximum absolute atomic E-state index is 12.2. The smallest absolute Gasteiger partial charge is 0.478 e. The summed E-state index contributed by atoms with van der Waals surface area (Å²) in [5.74, 6) is -4.95. The average Bonchev–Trinajstić information content (AvgIpc) is 2.70. The summed E-state index contributed by atoms with van der Waals surface area (Å²) >= 11 is 0. The summed E-state index contributed by atoms with van der Waals surface area (Å²) < 4.78 is 125. The number of aromatic carboxylic acids is 1. The topological polar surface area (TPSA) is 206 Å². The summed E-state index contributed by atoms with van der Waals surface area (Å²) in [7, 11) is -8.13. The second kappa shape index (κ2) is 11.8. The lowest BCUT2D eigenvalue weighted by Crippen LogP contribution is -2.24. The Morgan fingerprint density at radius 1 is 0.769 bits per heavy atom. The number of carboxylic acids is 1. The predicted octanol–water partition coefficient (Wildman–Crippen LogP) is 2.09. The molecule has 0 aliphatic heterocycles. The minimum absolute atomic E-state index is 0.307. The molecular formula is C19H17F6N3O9S2. The Labute approximate surface area is 215 Å². The molecule has 0 saturated carbocycles. The summed E-state index contributed by atoms with van der Waals surface area (Å²) in [4.78, 5) is 23.7. The summed E-state index contributed by atoms with van der Waals surface area (Å²) in [6.07, 6.45) is -8.83. The highest BCUT2D eigenvalue weighted by Crippen LogP contribution is 2.31. The fraction of sp³-hybridized carbons (Fsp3) is 0.211. The zero-order valence-corrected chi connectivity index (χ0v) is 21.0. The van der Waals surface area contributed by atoms with Gasteiger partial charge in [-0.25, -0.2) is 21.6 Å². The van der Waals surface area contributed by atoms with Gasteiger partial charge in [0, 0.05) is 18.1 Å². The van der Waals surface area contributed by atoms with E-state index < -0.39 is 77.1 Å². The number of ether oxygens (including phenoxy) is 2. The molecule has 2 rings (SSSR count). The van der Waals surface area contributed by atoms with E-state index in [2.05, 4.69) is 14.5 Å². The van der Waals surface area contributed by atoms with Crippen molar-refractivity contribution in [1.82, 2.24) is 0 Å². The fourth-order valence-corrected chi connectivity index (χ4v) is 4.09. The first-order valence-electron chi connectivity index (χ1n) is 9.47. The molecule has 0 heterocycles. The van der Waals surface area contributed by atoms with Gasteiger partial charge < -0.3 is 26.0 Å². The van der Waals surface area contributed by atoms with Crippen LogP contribution in [-0.2, 0) is 19.7 Å². The second-order valence-corrected chi connectivity index (χ2v) is 11.1. The van der Waals surface area contributed by atoms with Gasteiger partial charge in [0.2, 0.25) is 0 Å². The quantitative estimate of drug-likeness (QED) is 0.246. The molecule has 1 amide bonds. The van der Waals surface area contributed by atoms with Crippen molar-refractivity contribution in [3.05, 3.63) is 47.5 Å². The molecule has 20 heteroatoms. The summed E-state index contributed by atoms with van der Waals surface area (Å²) in [6, 6.07) is 4.37. The number of halogens is 6. The van der Waals surface area contributed by atoms with E-state index in [0.717, 1.165) is 12.1 Å². The number of guanidine groups is 1. The number of hydrogen-bond donors (Lipinski definition) is 3. The van der Waals surface area contributed by atoms with Crippen LogP contribution in [0.3, 0.4) is 0 Å². The van der Waals surface area contributed by atoms with Crippen LogP contribution in [0.15, 0.2) is 51.2 Å². The third kappa shape index (κ3) is 11.1.